The second-order valence-electron chi connectivity index (χ2n) is 2.38. The van der Waals surface area contributed by atoms with E-state index < -0.39 is 21.5 Å². The molecule has 0 aliphatic carbocycles. The van der Waals surface area contributed by atoms with Gasteiger partial charge in [0, 0.05) is 6.54 Å². The van der Waals surface area contributed by atoms with Gasteiger partial charge >= 0.3 is 0 Å². The standard InChI is InChI=1S/C8H10INO2/c11-8-3-1-7(2-4-8)5-6-10-9-12/h1-4,11H,5-6H2,(H,10,12). The van der Waals surface area contributed by atoms with Crippen LogP contribution in [0.15, 0.2) is 24.3 Å². The fraction of sp³-hybridized carbons (Fsp3) is 0.250. The summed E-state index contributed by atoms with van der Waals surface area (Å²) in [4.78, 5) is 0. The molecule has 1 rings (SSSR count). The molecule has 0 aliphatic rings. The highest BCUT2D eigenvalue weighted by molar-refractivity contribution is 14.1. The van der Waals surface area contributed by atoms with Crippen LogP contribution in [-0.4, -0.2) is 11.7 Å². The molecule has 0 aliphatic heterocycles. The molecule has 0 spiro atoms. The first-order valence-electron chi connectivity index (χ1n) is 3.60. The van der Waals surface area contributed by atoms with Gasteiger partial charge in [0.2, 0.25) is 21.5 Å². The van der Waals surface area contributed by atoms with E-state index in [4.69, 9.17) is 5.11 Å². The van der Waals surface area contributed by atoms with Crippen molar-refractivity contribution in [3.8, 4) is 5.75 Å². The summed E-state index contributed by atoms with van der Waals surface area (Å²) in [6.45, 7) is 0.738. The van der Waals surface area contributed by atoms with Crippen LogP contribution in [0, 0.1) is 0 Å². The molecule has 3 nitrogen and oxygen atoms in total. The number of rotatable bonds is 4. The average Bonchev–Trinajstić information content (AvgIpc) is 2.09. The predicted molar refractivity (Wildman–Crippen MR) is 54.5 cm³/mol. The van der Waals surface area contributed by atoms with Crippen molar-refractivity contribution >= 4 is 21.5 Å². The fourth-order valence-corrected chi connectivity index (χ4v) is 1.38. The SMILES string of the molecule is O=INCCc1ccc(O)cc1. The van der Waals surface area contributed by atoms with Crippen LogP contribution in [0.25, 0.3) is 0 Å². The molecule has 0 bridgehead atoms. The zero-order valence-corrected chi connectivity index (χ0v) is 8.61. The monoisotopic (exact) mass is 279 g/mol. The summed E-state index contributed by atoms with van der Waals surface area (Å²) < 4.78 is 12.9. The first kappa shape index (κ1) is 9.60. The van der Waals surface area contributed by atoms with Gasteiger partial charge < -0.3 is 5.11 Å². The zero-order chi connectivity index (χ0) is 8.81. The number of nitrogens with one attached hydrogen (secondary N) is 1. The minimum absolute atomic E-state index is 0.281. The lowest BCUT2D eigenvalue weighted by Gasteiger charge is -1.98. The molecule has 0 heterocycles. The van der Waals surface area contributed by atoms with Crippen LogP contribution in [-0.2, 0) is 9.49 Å². The third kappa shape index (κ3) is 3.27. The number of benzene rings is 1. The number of hydrogen-bond acceptors (Lipinski definition) is 2. The largest absolute Gasteiger partial charge is 0.508 e. The first-order valence-corrected chi connectivity index (χ1v) is 5.55. The van der Waals surface area contributed by atoms with Crippen molar-refractivity contribution in [2.45, 2.75) is 6.42 Å². The number of aromatic hydroxyl groups is 1. The Hall–Kier alpha value is -0.490. The zero-order valence-electron chi connectivity index (χ0n) is 6.46. The van der Waals surface area contributed by atoms with E-state index in [1.807, 2.05) is 12.1 Å². The van der Waals surface area contributed by atoms with Crippen LogP contribution in [0.2, 0.25) is 0 Å². The predicted octanol–water partition coefficient (Wildman–Crippen LogP) is 1.76. The van der Waals surface area contributed by atoms with Crippen molar-refractivity contribution in [3.05, 3.63) is 29.8 Å². The molecular weight excluding hydrogens is 269 g/mol. The van der Waals surface area contributed by atoms with Crippen molar-refractivity contribution in [2.75, 3.05) is 6.54 Å². The number of phenolic OH excluding ortho intramolecular Hbond substituents is 1. The van der Waals surface area contributed by atoms with Gasteiger partial charge in [0.25, 0.3) is 0 Å². The van der Waals surface area contributed by atoms with Crippen LogP contribution in [0.1, 0.15) is 5.56 Å². The molecule has 66 valence electrons. The molecule has 0 saturated carbocycles. The van der Waals surface area contributed by atoms with Gasteiger partial charge in [-0.3, -0.25) is 3.07 Å². The minimum atomic E-state index is -1.05. The van der Waals surface area contributed by atoms with Crippen LogP contribution in [0.3, 0.4) is 0 Å². The van der Waals surface area contributed by atoms with E-state index in [0.29, 0.717) is 0 Å². The maximum absolute atomic E-state index is 10.1. The van der Waals surface area contributed by atoms with E-state index in [0.717, 1.165) is 18.5 Å². The molecule has 4 heteroatoms. The summed E-state index contributed by atoms with van der Waals surface area (Å²) in [5.41, 5.74) is 1.14. The number of hydrogen-bond donors (Lipinski definition) is 2. The van der Waals surface area contributed by atoms with E-state index in [9.17, 15) is 3.07 Å². The van der Waals surface area contributed by atoms with Gasteiger partial charge in [0.1, 0.15) is 5.75 Å². The second-order valence-corrected chi connectivity index (χ2v) is 3.58. The van der Waals surface area contributed by atoms with E-state index in [1.54, 1.807) is 12.1 Å². The molecule has 0 unspecified atom stereocenters. The maximum Gasteiger partial charge on any atom is 0.236 e. The van der Waals surface area contributed by atoms with E-state index in [-0.39, 0.29) is 5.75 Å². The highest BCUT2D eigenvalue weighted by Crippen LogP contribution is 2.09. The van der Waals surface area contributed by atoms with Gasteiger partial charge in [-0.2, -0.15) is 0 Å². The van der Waals surface area contributed by atoms with Gasteiger partial charge in [-0.1, -0.05) is 12.1 Å². The summed E-state index contributed by atoms with van der Waals surface area (Å²) in [5.74, 6) is 0.281. The van der Waals surface area contributed by atoms with Gasteiger partial charge in [-0.05, 0) is 24.1 Å². The van der Waals surface area contributed by atoms with Crippen molar-refractivity contribution in [3.63, 3.8) is 0 Å². The smallest absolute Gasteiger partial charge is 0.236 e. The first-order chi connectivity index (χ1) is 5.83. The molecule has 1 aromatic rings. The second kappa shape index (κ2) is 5.21. The van der Waals surface area contributed by atoms with E-state index in [1.165, 1.54) is 0 Å². The van der Waals surface area contributed by atoms with Crippen LogP contribution in [0.5, 0.6) is 5.75 Å². The minimum Gasteiger partial charge on any atom is -0.508 e. The summed E-state index contributed by atoms with van der Waals surface area (Å²) in [7, 11) is 0. The van der Waals surface area contributed by atoms with E-state index in [2.05, 4.69) is 3.53 Å². The summed E-state index contributed by atoms with van der Waals surface area (Å²) in [5, 5.41) is 8.97. The molecule has 0 fully saturated rings. The quantitative estimate of drug-likeness (QED) is 0.501. The Morgan fingerprint density at radius 1 is 1.33 bits per heavy atom. The number of phenols is 1. The Morgan fingerprint density at radius 3 is 2.58 bits per heavy atom. The van der Waals surface area contributed by atoms with Crippen LogP contribution >= 0.6 is 21.5 Å². The molecule has 1 aromatic carbocycles. The lowest BCUT2D eigenvalue weighted by molar-refractivity contribution is 0.475. The Labute approximate surface area is 81.8 Å². The highest BCUT2D eigenvalue weighted by Gasteiger charge is 1.92. The molecule has 12 heavy (non-hydrogen) atoms. The summed E-state index contributed by atoms with van der Waals surface area (Å²) in [6.07, 6.45) is 0.849. The molecule has 0 saturated heterocycles. The average molecular weight is 279 g/mol. The van der Waals surface area contributed by atoms with E-state index >= 15 is 0 Å². The Morgan fingerprint density at radius 2 is 2.00 bits per heavy atom. The lowest BCUT2D eigenvalue weighted by atomic mass is 10.1. The lowest BCUT2D eigenvalue weighted by Crippen LogP contribution is -2.04. The van der Waals surface area contributed by atoms with Crippen molar-refractivity contribution < 1.29 is 8.18 Å². The van der Waals surface area contributed by atoms with Crippen LogP contribution in [0.4, 0.5) is 0 Å². The molecular formula is C8H10INO2. The Bertz CT molecular complexity index is 248. The summed E-state index contributed by atoms with van der Waals surface area (Å²) >= 11 is -1.05. The fourth-order valence-electron chi connectivity index (χ4n) is 0.893. The van der Waals surface area contributed by atoms with Crippen LogP contribution < -0.4 is 3.53 Å². The Kier molecular flexibility index (Phi) is 4.16. The molecule has 0 aromatic heterocycles. The van der Waals surface area contributed by atoms with Crippen molar-refractivity contribution in [1.29, 1.82) is 0 Å². The molecule has 0 amide bonds. The van der Waals surface area contributed by atoms with Gasteiger partial charge in [0.05, 0.1) is 0 Å². The highest BCUT2D eigenvalue weighted by atomic mass is 127. The van der Waals surface area contributed by atoms with Crippen molar-refractivity contribution in [2.24, 2.45) is 0 Å². The maximum atomic E-state index is 10.1. The topological polar surface area (TPSA) is 49.3 Å². The normalized spacial score (nSPS) is 10.0. The van der Waals surface area contributed by atoms with Gasteiger partial charge in [0.15, 0.2) is 0 Å². The van der Waals surface area contributed by atoms with Crippen molar-refractivity contribution in [1.82, 2.24) is 3.53 Å². The Balaban J connectivity index is 2.42. The molecule has 0 atom stereocenters. The molecule has 2 N–H and O–H groups in total. The third-order valence-electron chi connectivity index (χ3n) is 1.50. The van der Waals surface area contributed by atoms with Gasteiger partial charge in [-0.15, -0.1) is 0 Å². The molecule has 0 radical (unpaired) electrons. The summed E-state index contributed by atoms with van der Waals surface area (Å²) in [6, 6.07) is 7.03. The number of halogens is 1. The van der Waals surface area contributed by atoms with Gasteiger partial charge in [-0.25, -0.2) is 3.53 Å². The third-order valence-corrected chi connectivity index (χ3v) is 2.35.